The van der Waals surface area contributed by atoms with E-state index in [2.05, 4.69) is 36.1 Å². The first-order valence-electron chi connectivity index (χ1n) is 5.13. The lowest BCUT2D eigenvalue weighted by Crippen LogP contribution is -2.39. The monoisotopic (exact) mass is 222 g/mol. The van der Waals surface area contributed by atoms with Crippen molar-refractivity contribution in [1.82, 2.24) is 19.7 Å². The van der Waals surface area contributed by atoms with Crippen molar-refractivity contribution in [2.45, 2.75) is 0 Å². The molecule has 0 amide bonds. The van der Waals surface area contributed by atoms with Crippen LogP contribution in [0.2, 0.25) is 0 Å². The third-order valence-corrected chi connectivity index (χ3v) is 2.18. The maximum Gasteiger partial charge on any atom is 0.198 e. The second-order valence-corrected chi connectivity index (χ2v) is 4.65. The van der Waals surface area contributed by atoms with E-state index < -0.39 is 0 Å². The molecule has 2 heterocycles. The van der Waals surface area contributed by atoms with Gasteiger partial charge in [0.2, 0.25) is 0 Å². The van der Waals surface area contributed by atoms with Crippen LogP contribution >= 0.6 is 0 Å². The van der Waals surface area contributed by atoms with Gasteiger partial charge in [-0.25, -0.2) is 15.0 Å². The lowest BCUT2D eigenvalue weighted by Gasteiger charge is -2.23. The summed E-state index contributed by atoms with van der Waals surface area (Å²) in [4.78, 5) is 17.7. The summed E-state index contributed by atoms with van der Waals surface area (Å²) in [5, 5.41) is 0. The van der Waals surface area contributed by atoms with Gasteiger partial charge in [0.1, 0.15) is 24.7 Å². The van der Waals surface area contributed by atoms with Crippen molar-refractivity contribution >= 4 is 11.2 Å². The molecule has 0 saturated carbocycles. The predicted octanol–water partition coefficient (Wildman–Crippen LogP) is -0.0389. The Morgan fingerprint density at radius 3 is 2.88 bits per heavy atom. The zero-order valence-corrected chi connectivity index (χ0v) is 9.79. The van der Waals surface area contributed by atoms with E-state index in [9.17, 15) is 0 Å². The van der Waals surface area contributed by atoms with E-state index in [0.29, 0.717) is 12.3 Å². The molecule has 0 aromatic carbocycles. The SMILES string of the molecule is C[N+](C)(C)CCOn1cnc2cncnc21. The van der Waals surface area contributed by atoms with Crippen molar-refractivity contribution in [1.29, 1.82) is 0 Å². The molecular weight excluding hydrogens is 206 g/mol. The smallest absolute Gasteiger partial charge is 0.198 e. The molecule has 6 nitrogen and oxygen atoms in total. The van der Waals surface area contributed by atoms with Gasteiger partial charge in [0.05, 0.1) is 27.3 Å². The number of quaternary nitrogens is 1. The number of aromatic nitrogens is 4. The van der Waals surface area contributed by atoms with Crippen molar-refractivity contribution in [3.63, 3.8) is 0 Å². The molecule has 0 saturated heterocycles. The third-order valence-electron chi connectivity index (χ3n) is 2.18. The zero-order chi connectivity index (χ0) is 11.6. The van der Waals surface area contributed by atoms with Crippen LogP contribution in [0, 0.1) is 0 Å². The number of hydrogen-bond donors (Lipinski definition) is 0. The van der Waals surface area contributed by atoms with Crippen molar-refractivity contribution in [3.05, 3.63) is 18.9 Å². The Bertz CT molecular complexity index is 473. The Kier molecular flexibility index (Phi) is 2.74. The maximum atomic E-state index is 5.58. The van der Waals surface area contributed by atoms with Crippen LogP contribution in [0.4, 0.5) is 0 Å². The van der Waals surface area contributed by atoms with Gasteiger partial charge in [-0.15, -0.1) is 0 Å². The first-order valence-corrected chi connectivity index (χ1v) is 5.13. The quantitative estimate of drug-likeness (QED) is 0.681. The molecule has 2 aromatic heterocycles. The molecule has 0 N–H and O–H groups in total. The first-order chi connectivity index (χ1) is 7.56. The highest BCUT2D eigenvalue weighted by Gasteiger charge is 2.08. The summed E-state index contributed by atoms with van der Waals surface area (Å²) in [6, 6.07) is 0. The minimum atomic E-state index is 0.624. The molecule has 16 heavy (non-hydrogen) atoms. The van der Waals surface area contributed by atoms with Gasteiger partial charge in [-0.2, -0.15) is 4.73 Å². The Morgan fingerprint density at radius 2 is 2.12 bits per heavy atom. The average molecular weight is 222 g/mol. The number of imidazole rings is 1. The molecule has 86 valence electrons. The number of hydrogen-bond acceptors (Lipinski definition) is 4. The van der Waals surface area contributed by atoms with E-state index in [0.717, 1.165) is 16.5 Å². The fraction of sp³-hybridized carbons (Fsp3) is 0.500. The van der Waals surface area contributed by atoms with Crippen LogP contribution in [-0.2, 0) is 0 Å². The summed E-state index contributed by atoms with van der Waals surface area (Å²) in [5.74, 6) is 0. The second kappa shape index (κ2) is 4.05. The molecule has 0 unspecified atom stereocenters. The zero-order valence-electron chi connectivity index (χ0n) is 9.79. The van der Waals surface area contributed by atoms with Crippen LogP contribution in [0.1, 0.15) is 0 Å². The Hall–Kier alpha value is -1.69. The molecular formula is C10H16N5O+. The van der Waals surface area contributed by atoms with Gasteiger partial charge >= 0.3 is 0 Å². The van der Waals surface area contributed by atoms with Crippen LogP contribution in [0.15, 0.2) is 18.9 Å². The molecule has 0 fully saturated rings. The summed E-state index contributed by atoms with van der Waals surface area (Å²) in [6.45, 7) is 1.55. The van der Waals surface area contributed by atoms with Crippen molar-refractivity contribution in [3.8, 4) is 0 Å². The minimum absolute atomic E-state index is 0.624. The van der Waals surface area contributed by atoms with Gasteiger partial charge in [-0.3, -0.25) is 0 Å². The van der Waals surface area contributed by atoms with Crippen molar-refractivity contribution in [2.24, 2.45) is 0 Å². The molecule has 0 aliphatic heterocycles. The first kappa shape index (κ1) is 10.8. The standard InChI is InChI=1S/C10H16N5O/c1-15(2,3)4-5-16-14-8-13-9-6-11-7-12-10(9)14/h6-8H,4-5H2,1-3H3/q+1. The van der Waals surface area contributed by atoms with Gasteiger partial charge in [-0.05, 0) is 0 Å². The third kappa shape index (κ3) is 2.46. The number of rotatable bonds is 4. The Labute approximate surface area is 94.1 Å². The molecule has 2 rings (SSSR count). The predicted molar refractivity (Wildman–Crippen MR) is 59.7 cm³/mol. The molecule has 0 radical (unpaired) electrons. The van der Waals surface area contributed by atoms with Crippen LogP contribution in [0.5, 0.6) is 0 Å². The van der Waals surface area contributed by atoms with E-state index >= 15 is 0 Å². The molecule has 0 spiro atoms. The van der Waals surface area contributed by atoms with Crippen LogP contribution in [-0.4, -0.2) is 58.5 Å². The van der Waals surface area contributed by atoms with Gasteiger partial charge in [-0.1, -0.05) is 0 Å². The highest BCUT2D eigenvalue weighted by molar-refractivity contribution is 5.68. The van der Waals surface area contributed by atoms with Gasteiger partial charge in [0, 0.05) is 0 Å². The molecule has 0 aliphatic carbocycles. The van der Waals surface area contributed by atoms with E-state index in [1.807, 2.05) is 0 Å². The van der Waals surface area contributed by atoms with Crippen molar-refractivity contribution in [2.75, 3.05) is 34.3 Å². The number of likely N-dealkylation sites (N-methyl/N-ethyl adjacent to an activating group) is 1. The summed E-state index contributed by atoms with van der Waals surface area (Å²) >= 11 is 0. The fourth-order valence-electron chi connectivity index (χ4n) is 1.25. The fourth-order valence-corrected chi connectivity index (χ4v) is 1.25. The van der Waals surface area contributed by atoms with Gasteiger partial charge in [0.25, 0.3) is 0 Å². The van der Waals surface area contributed by atoms with Crippen LogP contribution in [0.25, 0.3) is 11.2 Å². The average Bonchev–Trinajstić information content (AvgIpc) is 2.60. The highest BCUT2D eigenvalue weighted by atomic mass is 16.7. The maximum absolute atomic E-state index is 5.58. The lowest BCUT2D eigenvalue weighted by molar-refractivity contribution is -0.870. The Balaban J connectivity index is 2.05. The lowest BCUT2D eigenvalue weighted by atomic mass is 10.5. The molecule has 2 aromatic rings. The summed E-state index contributed by atoms with van der Waals surface area (Å²) in [7, 11) is 6.37. The summed E-state index contributed by atoms with van der Waals surface area (Å²) in [5.41, 5.74) is 1.45. The van der Waals surface area contributed by atoms with Gasteiger partial charge in [0.15, 0.2) is 12.3 Å². The van der Waals surface area contributed by atoms with E-state index in [1.54, 1.807) is 17.3 Å². The van der Waals surface area contributed by atoms with Crippen LogP contribution in [0.3, 0.4) is 0 Å². The molecule has 6 heteroatoms. The van der Waals surface area contributed by atoms with Crippen molar-refractivity contribution < 1.29 is 9.32 Å². The van der Waals surface area contributed by atoms with E-state index in [1.165, 1.54) is 6.33 Å². The minimum Gasteiger partial charge on any atom is -0.405 e. The Morgan fingerprint density at radius 1 is 1.31 bits per heavy atom. The summed E-state index contributed by atoms with van der Waals surface area (Å²) in [6.07, 6.45) is 4.78. The molecule has 0 aliphatic rings. The second-order valence-electron chi connectivity index (χ2n) is 4.65. The number of fused-ring (bicyclic) bond motifs is 1. The number of nitrogens with zero attached hydrogens (tertiary/aromatic N) is 5. The normalized spacial score (nSPS) is 11.9. The largest absolute Gasteiger partial charge is 0.405 e. The molecule has 0 bridgehead atoms. The van der Waals surface area contributed by atoms with Gasteiger partial charge < -0.3 is 9.32 Å². The van der Waals surface area contributed by atoms with E-state index in [4.69, 9.17) is 4.84 Å². The topological polar surface area (TPSA) is 52.8 Å². The molecule has 0 atom stereocenters. The summed E-state index contributed by atoms with van der Waals surface area (Å²) < 4.78 is 2.45. The van der Waals surface area contributed by atoms with E-state index in [-0.39, 0.29) is 0 Å². The highest BCUT2D eigenvalue weighted by Crippen LogP contribution is 2.04. The van der Waals surface area contributed by atoms with Crippen LogP contribution < -0.4 is 4.84 Å².